The molecule has 2 fully saturated rings. The minimum Gasteiger partial charge on any atom is -0.442 e. The molecule has 1 saturated heterocycles. The second-order valence-corrected chi connectivity index (χ2v) is 8.36. The Morgan fingerprint density at radius 2 is 1.70 bits per heavy atom. The molecule has 2 heterocycles. The zero-order valence-corrected chi connectivity index (χ0v) is 16.2. The Morgan fingerprint density at radius 3 is 2.48 bits per heavy atom. The van der Waals surface area contributed by atoms with E-state index in [1.54, 1.807) is 0 Å². The van der Waals surface area contributed by atoms with Crippen molar-refractivity contribution in [3.63, 3.8) is 0 Å². The van der Waals surface area contributed by atoms with Crippen molar-refractivity contribution >= 4 is 12.0 Å². The van der Waals surface area contributed by atoms with Crippen LogP contribution in [-0.4, -0.2) is 53.6 Å². The zero-order valence-electron chi connectivity index (χ0n) is 16.2. The number of cyclic esters (lactones) is 1. The van der Waals surface area contributed by atoms with Crippen LogP contribution in [0, 0.1) is 0 Å². The quantitative estimate of drug-likeness (QED) is 0.802. The topological polar surface area (TPSA) is 49.9 Å². The number of hydrogen-bond acceptors (Lipinski definition) is 3. The molecule has 0 N–H and O–H groups in total. The second-order valence-electron chi connectivity index (χ2n) is 8.36. The van der Waals surface area contributed by atoms with E-state index in [2.05, 4.69) is 6.92 Å². The van der Waals surface area contributed by atoms with Gasteiger partial charge in [-0.15, -0.1) is 0 Å². The summed E-state index contributed by atoms with van der Waals surface area (Å²) in [5, 5.41) is 0. The molecule has 5 nitrogen and oxygen atoms in total. The van der Waals surface area contributed by atoms with Crippen molar-refractivity contribution in [1.82, 2.24) is 9.80 Å². The predicted octanol–water partition coefficient (Wildman–Crippen LogP) is 4.18. The average Bonchev–Trinajstić information content (AvgIpc) is 2.99. The molecule has 2 aliphatic heterocycles. The molecule has 1 saturated carbocycles. The van der Waals surface area contributed by atoms with Gasteiger partial charge in [-0.05, 0) is 30.4 Å². The molecule has 0 bridgehead atoms. The number of carbonyl (C=O) groups is 2. The van der Waals surface area contributed by atoms with Gasteiger partial charge < -0.3 is 14.5 Å². The third-order valence-electron chi connectivity index (χ3n) is 6.35. The average molecular weight is 370 g/mol. The first-order valence-corrected chi connectivity index (χ1v) is 10.5. The highest BCUT2D eigenvalue weighted by molar-refractivity contribution is 5.97. The van der Waals surface area contributed by atoms with Crippen LogP contribution in [0.5, 0.6) is 0 Å². The van der Waals surface area contributed by atoms with Crippen molar-refractivity contribution in [2.45, 2.75) is 69.9 Å². The Labute approximate surface area is 161 Å². The Morgan fingerprint density at radius 1 is 1.00 bits per heavy atom. The van der Waals surface area contributed by atoms with Crippen molar-refractivity contribution in [3.8, 4) is 0 Å². The number of benzene rings is 1. The number of ether oxygens (including phenoxy) is 1. The molecule has 27 heavy (non-hydrogen) atoms. The predicted molar refractivity (Wildman–Crippen MR) is 104 cm³/mol. The summed E-state index contributed by atoms with van der Waals surface area (Å²) in [5.74, 6) is 0.363. The fourth-order valence-corrected chi connectivity index (χ4v) is 4.89. The SMILES string of the molecule is CC1CN(C[C@@H]2CN(C3CCCCCCC3)C(=O)O2)C(=O)c2ccccc21. The lowest BCUT2D eigenvalue weighted by Crippen LogP contribution is -2.44. The standard InChI is InChI=1S/C22H30N2O3/c1-16-13-23(21(25)20-12-8-7-11-19(16)20)14-18-15-24(22(26)27-18)17-9-5-3-2-4-6-10-17/h7-8,11-12,16-18H,2-6,9-10,13-15H2,1H3/t16?,18-/m1/s1. The Kier molecular flexibility index (Phi) is 5.37. The van der Waals surface area contributed by atoms with Gasteiger partial charge in [-0.25, -0.2) is 4.79 Å². The van der Waals surface area contributed by atoms with Crippen LogP contribution < -0.4 is 0 Å². The van der Waals surface area contributed by atoms with Crippen LogP contribution in [0.15, 0.2) is 24.3 Å². The van der Waals surface area contributed by atoms with Crippen LogP contribution in [0.4, 0.5) is 4.79 Å². The van der Waals surface area contributed by atoms with Gasteiger partial charge in [0, 0.05) is 18.2 Å². The number of fused-ring (bicyclic) bond motifs is 1. The lowest BCUT2D eigenvalue weighted by atomic mass is 9.90. The van der Waals surface area contributed by atoms with Gasteiger partial charge in [0.25, 0.3) is 5.91 Å². The maximum atomic E-state index is 12.9. The maximum Gasteiger partial charge on any atom is 0.410 e. The van der Waals surface area contributed by atoms with Gasteiger partial charge in [0.2, 0.25) is 0 Å². The summed E-state index contributed by atoms with van der Waals surface area (Å²) in [6.07, 6.45) is 7.98. The fourth-order valence-electron chi connectivity index (χ4n) is 4.89. The van der Waals surface area contributed by atoms with E-state index in [4.69, 9.17) is 4.74 Å². The summed E-state index contributed by atoms with van der Waals surface area (Å²) >= 11 is 0. The van der Waals surface area contributed by atoms with Crippen LogP contribution in [0.1, 0.15) is 73.7 Å². The molecule has 0 spiro atoms. The summed E-state index contributed by atoms with van der Waals surface area (Å²) in [6.45, 7) is 3.95. The summed E-state index contributed by atoms with van der Waals surface area (Å²) in [5.41, 5.74) is 1.91. The molecule has 5 heteroatoms. The molecule has 146 valence electrons. The van der Waals surface area contributed by atoms with Gasteiger partial charge in [-0.3, -0.25) is 4.79 Å². The minimum atomic E-state index is -0.218. The van der Waals surface area contributed by atoms with Crippen LogP contribution in [0.3, 0.4) is 0 Å². The Balaban J connectivity index is 1.40. The number of hydrogen-bond donors (Lipinski definition) is 0. The van der Waals surface area contributed by atoms with Gasteiger partial charge >= 0.3 is 6.09 Å². The minimum absolute atomic E-state index is 0.0594. The molecule has 3 aliphatic rings. The van der Waals surface area contributed by atoms with E-state index in [0.717, 1.165) is 24.0 Å². The molecule has 2 amide bonds. The van der Waals surface area contributed by atoms with E-state index >= 15 is 0 Å². The Hall–Kier alpha value is -2.04. The summed E-state index contributed by atoms with van der Waals surface area (Å²) in [6, 6.07) is 8.16. The van der Waals surface area contributed by atoms with Crippen molar-refractivity contribution in [3.05, 3.63) is 35.4 Å². The van der Waals surface area contributed by atoms with E-state index in [0.29, 0.717) is 31.6 Å². The second kappa shape index (κ2) is 7.91. The molecular weight excluding hydrogens is 340 g/mol. The van der Waals surface area contributed by atoms with E-state index in [9.17, 15) is 9.59 Å². The lowest BCUT2D eigenvalue weighted by molar-refractivity contribution is 0.0604. The zero-order chi connectivity index (χ0) is 18.8. The number of rotatable bonds is 3. The highest BCUT2D eigenvalue weighted by Crippen LogP contribution is 2.30. The number of carbonyl (C=O) groups excluding carboxylic acids is 2. The van der Waals surface area contributed by atoms with Crippen molar-refractivity contribution < 1.29 is 14.3 Å². The van der Waals surface area contributed by atoms with Crippen molar-refractivity contribution in [2.24, 2.45) is 0 Å². The first-order chi connectivity index (χ1) is 13.1. The van der Waals surface area contributed by atoms with Crippen LogP contribution in [0.25, 0.3) is 0 Å². The summed E-state index contributed by atoms with van der Waals surface area (Å²) in [4.78, 5) is 29.1. The third-order valence-corrected chi connectivity index (χ3v) is 6.35. The fraction of sp³-hybridized carbons (Fsp3) is 0.636. The normalized spacial score (nSPS) is 27.1. The Bertz CT molecular complexity index is 697. The van der Waals surface area contributed by atoms with Crippen LogP contribution in [0.2, 0.25) is 0 Å². The van der Waals surface area contributed by atoms with E-state index < -0.39 is 0 Å². The first kappa shape index (κ1) is 18.3. The van der Waals surface area contributed by atoms with E-state index in [1.165, 1.54) is 32.1 Å². The van der Waals surface area contributed by atoms with E-state index in [-0.39, 0.29) is 18.1 Å². The monoisotopic (exact) mass is 370 g/mol. The highest BCUT2D eigenvalue weighted by atomic mass is 16.6. The largest absolute Gasteiger partial charge is 0.442 e. The van der Waals surface area contributed by atoms with Gasteiger partial charge in [-0.2, -0.15) is 0 Å². The molecule has 4 rings (SSSR count). The molecule has 0 aromatic heterocycles. The highest BCUT2D eigenvalue weighted by Gasteiger charge is 2.38. The molecule has 1 aromatic rings. The van der Waals surface area contributed by atoms with Gasteiger partial charge in [0.05, 0.1) is 13.1 Å². The van der Waals surface area contributed by atoms with Crippen molar-refractivity contribution in [1.29, 1.82) is 0 Å². The molecule has 0 radical (unpaired) electrons. The number of amides is 2. The van der Waals surface area contributed by atoms with Gasteiger partial charge in [-0.1, -0.05) is 57.2 Å². The summed E-state index contributed by atoms with van der Waals surface area (Å²) in [7, 11) is 0. The van der Waals surface area contributed by atoms with Crippen LogP contribution >= 0.6 is 0 Å². The lowest BCUT2D eigenvalue weighted by Gasteiger charge is -2.33. The smallest absolute Gasteiger partial charge is 0.410 e. The summed E-state index contributed by atoms with van der Waals surface area (Å²) < 4.78 is 5.67. The van der Waals surface area contributed by atoms with Gasteiger partial charge in [0.15, 0.2) is 0 Å². The molecule has 1 aliphatic carbocycles. The molecular formula is C22H30N2O3. The maximum absolute atomic E-state index is 12.9. The number of nitrogens with zero attached hydrogens (tertiary/aromatic N) is 2. The molecule has 1 aromatic carbocycles. The first-order valence-electron chi connectivity index (χ1n) is 10.5. The van der Waals surface area contributed by atoms with Crippen LogP contribution in [-0.2, 0) is 4.74 Å². The third kappa shape index (κ3) is 3.83. The van der Waals surface area contributed by atoms with Crippen molar-refractivity contribution in [2.75, 3.05) is 19.6 Å². The van der Waals surface area contributed by atoms with Gasteiger partial charge in [0.1, 0.15) is 6.10 Å². The molecule has 1 unspecified atom stereocenters. The van der Waals surface area contributed by atoms with E-state index in [1.807, 2.05) is 34.1 Å². The molecule has 2 atom stereocenters.